The van der Waals surface area contributed by atoms with Crippen molar-refractivity contribution in [2.24, 2.45) is 0 Å². The standard InChI is InChI=1S/C22H22N2O3S/c1-3-24(20-12-8-5-9-13-20)28(26,27)21-16-18(15-14-17(21)2)22(25)23-19-10-6-4-7-11-19/h4-16H,3H2,1-2H3,(H,23,25). The number of rotatable bonds is 6. The number of carbonyl (C=O) groups excluding carboxylic acids is 1. The lowest BCUT2D eigenvalue weighted by Gasteiger charge is -2.24. The van der Waals surface area contributed by atoms with Gasteiger partial charge in [-0.15, -0.1) is 0 Å². The minimum Gasteiger partial charge on any atom is -0.322 e. The summed E-state index contributed by atoms with van der Waals surface area (Å²) in [6.07, 6.45) is 0. The van der Waals surface area contributed by atoms with Gasteiger partial charge in [0.25, 0.3) is 15.9 Å². The Morgan fingerprint density at radius 1 is 0.929 bits per heavy atom. The number of anilines is 2. The van der Waals surface area contributed by atoms with Crippen LogP contribution in [-0.2, 0) is 10.0 Å². The van der Waals surface area contributed by atoms with E-state index in [9.17, 15) is 13.2 Å². The van der Waals surface area contributed by atoms with Crippen LogP contribution < -0.4 is 9.62 Å². The molecule has 0 aliphatic rings. The Bertz CT molecular complexity index is 1070. The zero-order chi connectivity index (χ0) is 20.1. The van der Waals surface area contributed by atoms with Crippen molar-refractivity contribution in [1.29, 1.82) is 0 Å². The lowest BCUT2D eigenvalue weighted by molar-refractivity contribution is 0.102. The average molecular weight is 394 g/mol. The van der Waals surface area contributed by atoms with Gasteiger partial charge in [-0.05, 0) is 55.8 Å². The van der Waals surface area contributed by atoms with Crippen molar-refractivity contribution in [3.05, 3.63) is 90.0 Å². The van der Waals surface area contributed by atoms with Gasteiger partial charge in [-0.2, -0.15) is 0 Å². The Morgan fingerprint density at radius 2 is 1.54 bits per heavy atom. The smallest absolute Gasteiger partial charge is 0.264 e. The minimum absolute atomic E-state index is 0.124. The largest absolute Gasteiger partial charge is 0.322 e. The Hall–Kier alpha value is -3.12. The van der Waals surface area contributed by atoms with Crippen molar-refractivity contribution < 1.29 is 13.2 Å². The summed E-state index contributed by atoms with van der Waals surface area (Å²) < 4.78 is 28.0. The molecule has 0 heterocycles. The van der Waals surface area contributed by atoms with Gasteiger partial charge < -0.3 is 5.32 Å². The molecule has 0 radical (unpaired) electrons. The first-order valence-electron chi connectivity index (χ1n) is 8.98. The summed E-state index contributed by atoms with van der Waals surface area (Å²) in [5.41, 5.74) is 2.11. The Kier molecular flexibility index (Phi) is 5.80. The van der Waals surface area contributed by atoms with Crippen LogP contribution in [0.1, 0.15) is 22.8 Å². The van der Waals surface area contributed by atoms with Gasteiger partial charge in [-0.1, -0.05) is 42.5 Å². The fourth-order valence-electron chi connectivity index (χ4n) is 2.95. The van der Waals surface area contributed by atoms with E-state index in [2.05, 4.69) is 5.32 Å². The van der Waals surface area contributed by atoms with Crippen molar-refractivity contribution in [3.8, 4) is 0 Å². The third kappa shape index (κ3) is 4.07. The molecule has 6 heteroatoms. The fourth-order valence-corrected chi connectivity index (χ4v) is 4.68. The predicted molar refractivity (Wildman–Crippen MR) is 112 cm³/mol. The summed E-state index contributed by atoms with van der Waals surface area (Å²) in [5, 5.41) is 2.78. The molecule has 3 aromatic rings. The number of hydrogen-bond acceptors (Lipinski definition) is 3. The Balaban J connectivity index is 1.97. The first-order valence-corrected chi connectivity index (χ1v) is 10.4. The van der Waals surface area contributed by atoms with E-state index in [1.54, 1.807) is 62.4 Å². The lowest BCUT2D eigenvalue weighted by Crippen LogP contribution is -2.31. The molecule has 0 spiro atoms. The molecule has 144 valence electrons. The number of nitrogens with one attached hydrogen (secondary N) is 1. The van der Waals surface area contributed by atoms with Crippen LogP contribution in [0.4, 0.5) is 11.4 Å². The number of nitrogens with zero attached hydrogens (tertiary/aromatic N) is 1. The van der Waals surface area contributed by atoms with Gasteiger partial charge in [0.2, 0.25) is 0 Å². The summed E-state index contributed by atoms with van der Waals surface area (Å²) in [6, 6.07) is 22.7. The first-order chi connectivity index (χ1) is 13.4. The monoisotopic (exact) mass is 394 g/mol. The summed E-state index contributed by atoms with van der Waals surface area (Å²) in [5.74, 6) is -0.356. The van der Waals surface area contributed by atoms with Gasteiger partial charge >= 0.3 is 0 Å². The highest BCUT2D eigenvalue weighted by Gasteiger charge is 2.26. The van der Waals surface area contributed by atoms with Crippen molar-refractivity contribution in [2.45, 2.75) is 18.7 Å². The van der Waals surface area contributed by atoms with Crippen LogP contribution in [0.15, 0.2) is 83.8 Å². The molecule has 0 aromatic heterocycles. The van der Waals surface area contributed by atoms with Crippen LogP contribution in [0.5, 0.6) is 0 Å². The molecular weight excluding hydrogens is 372 g/mol. The van der Waals surface area contributed by atoms with Crippen LogP contribution in [0.3, 0.4) is 0 Å². The van der Waals surface area contributed by atoms with Crippen LogP contribution in [-0.4, -0.2) is 20.9 Å². The maximum Gasteiger partial charge on any atom is 0.264 e. The van der Waals surface area contributed by atoms with Crippen LogP contribution >= 0.6 is 0 Å². The lowest BCUT2D eigenvalue weighted by atomic mass is 10.1. The maximum absolute atomic E-state index is 13.3. The van der Waals surface area contributed by atoms with Crippen molar-refractivity contribution in [2.75, 3.05) is 16.2 Å². The number of benzene rings is 3. The highest BCUT2D eigenvalue weighted by molar-refractivity contribution is 7.92. The third-order valence-electron chi connectivity index (χ3n) is 4.38. The van der Waals surface area contributed by atoms with E-state index in [-0.39, 0.29) is 22.9 Å². The second-order valence-corrected chi connectivity index (χ2v) is 8.14. The number of carbonyl (C=O) groups is 1. The molecule has 28 heavy (non-hydrogen) atoms. The van der Waals surface area contributed by atoms with Crippen LogP contribution in [0, 0.1) is 6.92 Å². The molecule has 1 amide bonds. The summed E-state index contributed by atoms with van der Waals surface area (Å²) in [7, 11) is -3.81. The molecule has 1 N–H and O–H groups in total. The topological polar surface area (TPSA) is 66.5 Å². The minimum atomic E-state index is -3.81. The Labute approximate surface area is 165 Å². The molecular formula is C22H22N2O3S. The number of amides is 1. The highest BCUT2D eigenvalue weighted by Crippen LogP contribution is 2.26. The molecule has 0 bridgehead atoms. The van der Waals surface area contributed by atoms with E-state index in [4.69, 9.17) is 0 Å². The van der Waals surface area contributed by atoms with E-state index in [0.29, 0.717) is 16.9 Å². The normalized spacial score (nSPS) is 11.1. The predicted octanol–water partition coefficient (Wildman–Crippen LogP) is 4.46. The molecule has 5 nitrogen and oxygen atoms in total. The van der Waals surface area contributed by atoms with E-state index >= 15 is 0 Å². The van der Waals surface area contributed by atoms with Gasteiger partial charge in [0, 0.05) is 17.8 Å². The molecule has 0 aliphatic heterocycles. The van der Waals surface area contributed by atoms with Gasteiger partial charge in [-0.3, -0.25) is 9.10 Å². The molecule has 0 fully saturated rings. The molecule has 0 saturated heterocycles. The zero-order valence-electron chi connectivity index (χ0n) is 15.8. The maximum atomic E-state index is 13.3. The number of hydrogen-bond donors (Lipinski definition) is 1. The van der Waals surface area contributed by atoms with Gasteiger partial charge in [0.1, 0.15) is 0 Å². The van der Waals surface area contributed by atoms with E-state index < -0.39 is 10.0 Å². The molecule has 3 rings (SSSR count). The van der Waals surface area contributed by atoms with Gasteiger partial charge in [0.15, 0.2) is 0 Å². The second-order valence-electron chi connectivity index (χ2n) is 6.31. The van der Waals surface area contributed by atoms with Crippen molar-refractivity contribution in [3.63, 3.8) is 0 Å². The molecule has 0 unspecified atom stereocenters. The molecule has 0 aliphatic carbocycles. The number of para-hydroxylation sites is 2. The average Bonchev–Trinajstić information content (AvgIpc) is 2.70. The second kappa shape index (κ2) is 8.27. The quantitative estimate of drug-likeness (QED) is 0.671. The van der Waals surface area contributed by atoms with Crippen molar-refractivity contribution >= 4 is 27.3 Å². The third-order valence-corrected chi connectivity index (χ3v) is 6.43. The number of sulfonamides is 1. The van der Waals surface area contributed by atoms with Gasteiger partial charge in [0.05, 0.1) is 10.6 Å². The van der Waals surface area contributed by atoms with Crippen molar-refractivity contribution in [1.82, 2.24) is 0 Å². The van der Waals surface area contributed by atoms with E-state index in [1.165, 1.54) is 10.4 Å². The summed E-state index contributed by atoms with van der Waals surface area (Å²) in [6.45, 7) is 3.79. The highest BCUT2D eigenvalue weighted by atomic mass is 32.2. The van der Waals surface area contributed by atoms with Gasteiger partial charge in [-0.25, -0.2) is 8.42 Å². The number of aryl methyl sites for hydroxylation is 1. The zero-order valence-corrected chi connectivity index (χ0v) is 16.6. The van der Waals surface area contributed by atoms with Crippen LogP contribution in [0.25, 0.3) is 0 Å². The fraction of sp³-hybridized carbons (Fsp3) is 0.136. The van der Waals surface area contributed by atoms with Crippen LogP contribution in [0.2, 0.25) is 0 Å². The molecule has 0 atom stereocenters. The van der Waals surface area contributed by atoms with E-state index in [0.717, 1.165) is 0 Å². The molecule has 3 aromatic carbocycles. The first kappa shape index (κ1) is 19.6. The summed E-state index contributed by atoms with van der Waals surface area (Å²) >= 11 is 0. The summed E-state index contributed by atoms with van der Waals surface area (Å²) in [4.78, 5) is 12.7. The SMILES string of the molecule is CCN(c1ccccc1)S(=O)(=O)c1cc(C(=O)Nc2ccccc2)ccc1C. The molecule has 0 saturated carbocycles. The van der Waals surface area contributed by atoms with E-state index in [1.807, 2.05) is 24.3 Å². The Morgan fingerprint density at radius 3 is 2.14 bits per heavy atom.